The third kappa shape index (κ3) is 42.8. The van der Waals surface area contributed by atoms with Crippen LogP contribution in [0.1, 0.15) is 321 Å². The Balaban J connectivity index is 0.000000448. The van der Waals surface area contributed by atoms with Gasteiger partial charge in [-0.25, -0.2) is 13.2 Å². The third-order valence-electron chi connectivity index (χ3n) is 21.1. The van der Waals surface area contributed by atoms with E-state index in [1.54, 1.807) is 20.8 Å². The van der Waals surface area contributed by atoms with Crippen LogP contribution in [0.4, 0.5) is 18.0 Å². The normalized spacial score (nSPS) is 19.9. The zero-order chi connectivity index (χ0) is 80.3. The first-order valence-corrected chi connectivity index (χ1v) is 45.8. The zero-order valence-electron chi connectivity index (χ0n) is 70.2. The number of benzene rings is 2. The van der Waals surface area contributed by atoms with Gasteiger partial charge in [0.2, 0.25) is 0 Å². The molecule has 107 heavy (non-hydrogen) atoms. The molecule has 2 aromatic rings. The maximum Gasteiger partial charge on any atom is 0.422 e. The standard InChI is InChI=1S/C24H47NO3.C20H26I.C17H28O2.C13H29N.C9H17NO4S.C4H5F3O3/c1-2-3-4-5-6-7-8-9-10-11-12-13-14-15-16-17-24(26)28-23-20-25-18-21-27-22-19-25;1-19(2,3)15-7-11-17(12-8-15)21-18-13-9-16(10-14-18)20(4,5)6;1-4-15(11(2)3)19-16(18)17-8-12-5-13(9-17)7-14(6-12)10-17;1-4-7-10-13-14(11-8-5-2)12-9-6-3;1-9(2,3)14-8(11)10-4-6-15(12,13)7-5-10;1-3(10,2(8)9)4(5,6)7/h2-23H2,1H3;7-14H,1-6H3;11-15H,4-10H2,1-3H3;4-13H2,1-3H3;4-7H2,1-3H3;10H,1H3,(H,8,9)/q;+1;;;;. The SMILES string of the molecule is CC(C)(C)OC(=O)N1CCS(=O)(=O)CC1.CC(C)(C)c1ccc([I+]c2ccc(C(C)(C)C)cc2)cc1.CC(O)(C(=O)[O-])C(F)(F)F.CCC(OC(=O)C12CC3CC(CC(C3)C1)C2)C(C)C.CCCCCCCCCCCCCCCCCC(=O)OCCN1CCOCC1.CCCCC[NH+](CCCC)CCCC. The van der Waals surface area contributed by atoms with Crippen molar-refractivity contribution in [3.63, 3.8) is 0 Å². The lowest BCUT2D eigenvalue weighted by molar-refractivity contribution is -0.900. The van der Waals surface area contributed by atoms with Gasteiger partial charge in [-0.2, -0.15) is 13.2 Å². The number of sulfone groups is 1. The van der Waals surface area contributed by atoms with E-state index in [0.29, 0.717) is 18.9 Å². The van der Waals surface area contributed by atoms with Crippen molar-refractivity contribution in [3.8, 4) is 0 Å². The minimum absolute atomic E-state index is 0.0250. The van der Waals surface area contributed by atoms with Gasteiger partial charge in [0.15, 0.2) is 22.6 Å². The number of carboxylic acids is 1. The summed E-state index contributed by atoms with van der Waals surface area (Å²) in [5.74, 6) is 0.519. The highest BCUT2D eigenvalue weighted by Gasteiger charge is 2.56. The largest absolute Gasteiger partial charge is 0.547 e. The number of nitrogens with zero attached hydrogens (tertiary/aromatic N) is 2. The lowest BCUT2D eigenvalue weighted by atomic mass is 9.49. The molecule has 2 aliphatic heterocycles. The number of carboxylic acid groups (broad SMARTS) is 1. The van der Waals surface area contributed by atoms with Crippen LogP contribution in [0.25, 0.3) is 0 Å². The minimum Gasteiger partial charge on any atom is -0.547 e. The highest BCUT2D eigenvalue weighted by molar-refractivity contribution is 7.91. The number of unbranched alkanes of at least 4 members (excludes halogenated alkanes) is 18. The first-order chi connectivity index (χ1) is 50.2. The fraction of sp³-hybridized carbons (Fsp3) is 0.816. The number of nitrogens with one attached hydrogen (secondary N) is 1. The Morgan fingerprint density at radius 2 is 0.991 bits per heavy atom. The van der Waals surface area contributed by atoms with Gasteiger partial charge in [-0.1, -0.05) is 223 Å². The van der Waals surface area contributed by atoms with E-state index in [1.165, 1.54) is 190 Å². The van der Waals surface area contributed by atoms with Crippen molar-refractivity contribution >= 4 is 33.8 Å². The molecule has 2 unspecified atom stereocenters. The number of ether oxygens (including phenoxy) is 4. The molecular weight excluding hydrogens is 1490 g/mol. The van der Waals surface area contributed by atoms with Gasteiger partial charge in [0.05, 0.1) is 55.7 Å². The van der Waals surface area contributed by atoms with E-state index in [4.69, 9.17) is 24.1 Å². The van der Waals surface area contributed by atoms with Crippen LogP contribution in [0.15, 0.2) is 48.5 Å². The fourth-order valence-corrected chi connectivity index (χ4v) is 17.8. The molecule has 4 aliphatic carbocycles. The summed E-state index contributed by atoms with van der Waals surface area (Å²) in [4.78, 5) is 51.2. The van der Waals surface area contributed by atoms with E-state index in [0.717, 1.165) is 89.1 Å². The summed E-state index contributed by atoms with van der Waals surface area (Å²) in [6.07, 6.45) is 33.5. The second-order valence-corrected chi connectivity index (χ2v) is 40.0. The van der Waals surface area contributed by atoms with Crippen LogP contribution in [0, 0.1) is 36.2 Å². The van der Waals surface area contributed by atoms with E-state index in [9.17, 15) is 45.9 Å². The Morgan fingerprint density at radius 3 is 1.35 bits per heavy atom. The molecule has 2 heterocycles. The maximum atomic E-state index is 12.7. The number of carbonyl (C=O) groups is 4. The highest BCUT2D eigenvalue weighted by atomic mass is 127. The number of alkyl halides is 3. The number of aliphatic hydroxyl groups is 1. The van der Waals surface area contributed by atoms with E-state index in [-0.39, 0.29) is 87.0 Å². The predicted octanol–water partition coefficient (Wildman–Crippen LogP) is 15.1. The van der Waals surface area contributed by atoms with Crippen LogP contribution in [0.5, 0.6) is 0 Å². The van der Waals surface area contributed by atoms with E-state index < -0.39 is 39.3 Å². The number of hydrogen-bond donors (Lipinski definition) is 2. The fourth-order valence-electron chi connectivity index (χ4n) is 14.5. The molecule has 2 atom stereocenters. The molecule has 0 radical (unpaired) electrons. The monoisotopic (exact) mass is 1650 g/mol. The number of halogens is 4. The molecule has 2 saturated heterocycles. The first kappa shape index (κ1) is 99.5. The third-order valence-corrected chi connectivity index (χ3v) is 25.4. The molecule has 6 fully saturated rings. The van der Waals surface area contributed by atoms with Gasteiger partial charge in [0.25, 0.3) is 0 Å². The zero-order valence-corrected chi connectivity index (χ0v) is 73.1. The quantitative estimate of drug-likeness (QED) is 0.0283. The predicted molar refractivity (Wildman–Crippen MR) is 424 cm³/mol. The van der Waals surface area contributed by atoms with Gasteiger partial charge in [0.1, 0.15) is 18.3 Å². The molecule has 0 aromatic heterocycles. The molecule has 1 amide bonds. The summed E-state index contributed by atoms with van der Waals surface area (Å²) in [6.45, 7) is 44.2. The smallest absolute Gasteiger partial charge is 0.422 e. The van der Waals surface area contributed by atoms with Gasteiger partial charge < -0.3 is 43.8 Å². The molecule has 6 aliphatic rings. The number of esters is 2. The van der Waals surface area contributed by atoms with Crippen molar-refractivity contribution in [1.29, 1.82) is 0 Å². The highest BCUT2D eigenvalue weighted by Crippen LogP contribution is 2.60. The maximum absolute atomic E-state index is 12.7. The van der Waals surface area contributed by atoms with Crippen LogP contribution in [-0.4, -0.2) is 154 Å². The topological polar surface area (TPSA) is 194 Å². The van der Waals surface area contributed by atoms with Crippen molar-refractivity contribution in [1.82, 2.24) is 9.80 Å². The second kappa shape index (κ2) is 51.9. The summed E-state index contributed by atoms with van der Waals surface area (Å²) < 4.78 is 81.2. The van der Waals surface area contributed by atoms with Gasteiger partial charge >= 0.3 is 45.4 Å². The van der Waals surface area contributed by atoms with E-state index in [2.05, 4.69) is 143 Å². The lowest BCUT2D eigenvalue weighted by Gasteiger charge is -2.55. The van der Waals surface area contributed by atoms with Crippen LogP contribution in [-0.2, 0) is 54.0 Å². The number of hydrogen-bond acceptors (Lipinski definition) is 13. The van der Waals surface area contributed by atoms with E-state index >= 15 is 0 Å². The molecule has 620 valence electrons. The minimum atomic E-state index is -5.19. The van der Waals surface area contributed by atoms with Gasteiger partial charge in [0, 0.05) is 39.1 Å². The molecule has 4 saturated carbocycles. The lowest BCUT2D eigenvalue weighted by Crippen LogP contribution is -3.61. The van der Waals surface area contributed by atoms with Crippen LogP contribution >= 0.6 is 0 Å². The summed E-state index contributed by atoms with van der Waals surface area (Å²) >= 11 is -0.0703. The Kier molecular flexibility index (Phi) is 48.3. The van der Waals surface area contributed by atoms with Gasteiger partial charge in [-0.3, -0.25) is 14.5 Å². The Labute approximate surface area is 659 Å². The number of rotatable bonds is 36. The Bertz CT molecular complexity index is 2720. The second-order valence-electron chi connectivity index (χ2n) is 34.7. The summed E-state index contributed by atoms with van der Waals surface area (Å²) in [7, 11) is -2.94. The number of aliphatic carboxylic acids is 1. The molecule has 2 aromatic carbocycles. The van der Waals surface area contributed by atoms with Crippen molar-refractivity contribution in [2.24, 2.45) is 29.1 Å². The summed E-state index contributed by atoms with van der Waals surface area (Å²) in [6, 6.07) is 18.4. The molecule has 2 N–H and O–H groups in total. The van der Waals surface area contributed by atoms with Crippen molar-refractivity contribution in [2.75, 3.05) is 83.7 Å². The number of amides is 1. The Morgan fingerprint density at radius 1 is 0.598 bits per heavy atom. The van der Waals surface area contributed by atoms with Crippen molar-refractivity contribution in [3.05, 3.63) is 66.8 Å². The van der Waals surface area contributed by atoms with Crippen molar-refractivity contribution < 1.29 is 96.0 Å². The molecule has 15 nitrogen and oxygen atoms in total. The van der Waals surface area contributed by atoms with Crippen LogP contribution < -0.4 is 31.2 Å². The van der Waals surface area contributed by atoms with Gasteiger partial charge in [-0.05, 0) is 175 Å². The van der Waals surface area contributed by atoms with Gasteiger partial charge in [-0.15, -0.1) is 0 Å². The Hall–Kier alpha value is -3.57. The molecule has 20 heteroatoms. The summed E-state index contributed by atoms with van der Waals surface area (Å²) in [5, 5.41) is 17.7. The molecule has 0 spiro atoms. The molecule has 4 bridgehead atoms. The number of quaternary nitrogens is 1. The van der Waals surface area contributed by atoms with Crippen molar-refractivity contribution in [2.45, 2.75) is 345 Å². The van der Waals surface area contributed by atoms with E-state index in [1.807, 2.05) is 4.90 Å². The average Bonchev–Trinajstić information content (AvgIpc) is 0.718. The number of carbonyl (C=O) groups excluding carboxylic acids is 4. The van der Waals surface area contributed by atoms with Crippen LogP contribution in [0.3, 0.4) is 0 Å². The molecular formula is C87H152F3IN3O12S+. The van der Waals surface area contributed by atoms with Crippen LogP contribution in [0.2, 0.25) is 0 Å². The summed E-state index contributed by atoms with van der Waals surface area (Å²) in [5.41, 5.74) is -1.06. The number of morpholine rings is 1. The molecule has 8 rings (SSSR count). The average molecular weight is 1650 g/mol. The first-order valence-electron chi connectivity index (χ1n) is 41.8.